The van der Waals surface area contributed by atoms with Crippen molar-refractivity contribution in [1.82, 2.24) is 0 Å². The van der Waals surface area contributed by atoms with Gasteiger partial charge in [-0.2, -0.15) is 0 Å². The molecule has 0 aromatic carbocycles. The average molecular weight is 443 g/mol. The van der Waals surface area contributed by atoms with Crippen LogP contribution < -0.4 is 0 Å². The van der Waals surface area contributed by atoms with Gasteiger partial charge in [0.05, 0.1) is 44.0 Å². The fourth-order valence-electron chi connectivity index (χ4n) is 5.17. The molecular weight excluding hydrogens is 404 g/mol. The van der Waals surface area contributed by atoms with Gasteiger partial charge in [0, 0.05) is 0 Å². The zero-order valence-corrected chi connectivity index (χ0v) is 20.3. The Morgan fingerprint density at radius 1 is 0.677 bits per heavy atom. The molecule has 8 nitrogen and oxygen atoms in total. The first-order chi connectivity index (χ1) is 14.1. The van der Waals surface area contributed by atoms with Gasteiger partial charge in [-0.05, 0) is 50.4 Å². The van der Waals surface area contributed by atoms with Crippen LogP contribution in [0.25, 0.3) is 0 Å². The van der Waals surface area contributed by atoms with E-state index in [1.165, 1.54) is 21.3 Å². The SMILES string of the molecule is COC(=O)[C@@H]1CC[C@](C)(C(=O)OC)C1(C)C.COC(=O)[C@@]1(C)CC[C@@H](C(=O)O)C1(C)C. The molecule has 0 amide bonds. The van der Waals surface area contributed by atoms with Crippen LogP contribution in [0.3, 0.4) is 0 Å². The number of carboxylic acid groups (broad SMARTS) is 1. The number of methoxy groups -OCH3 is 3. The smallest absolute Gasteiger partial charge is 0.312 e. The molecule has 0 saturated heterocycles. The summed E-state index contributed by atoms with van der Waals surface area (Å²) >= 11 is 0. The van der Waals surface area contributed by atoms with Crippen LogP contribution in [0.1, 0.15) is 67.2 Å². The fourth-order valence-corrected chi connectivity index (χ4v) is 5.17. The second-order valence-electron chi connectivity index (χ2n) is 10.1. The molecule has 0 aromatic heterocycles. The summed E-state index contributed by atoms with van der Waals surface area (Å²) in [7, 11) is 4.11. The van der Waals surface area contributed by atoms with Crippen LogP contribution >= 0.6 is 0 Å². The highest BCUT2D eigenvalue weighted by Gasteiger charge is 2.60. The molecule has 2 aliphatic carbocycles. The number of carboxylic acids is 1. The van der Waals surface area contributed by atoms with Gasteiger partial charge >= 0.3 is 23.9 Å². The van der Waals surface area contributed by atoms with E-state index in [9.17, 15) is 19.2 Å². The van der Waals surface area contributed by atoms with E-state index in [0.29, 0.717) is 25.7 Å². The number of esters is 3. The van der Waals surface area contributed by atoms with E-state index >= 15 is 0 Å². The molecule has 4 atom stereocenters. The van der Waals surface area contributed by atoms with Crippen molar-refractivity contribution in [2.24, 2.45) is 33.5 Å². The van der Waals surface area contributed by atoms with Crippen molar-refractivity contribution in [3.8, 4) is 0 Å². The third-order valence-electron chi connectivity index (χ3n) is 8.51. The van der Waals surface area contributed by atoms with E-state index in [-0.39, 0.29) is 23.8 Å². The molecule has 8 heteroatoms. The van der Waals surface area contributed by atoms with Crippen molar-refractivity contribution in [2.45, 2.75) is 67.2 Å². The zero-order chi connectivity index (χ0) is 24.4. The van der Waals surface area contributed by atoms with Crippen molar-refractivity contribution < 1.29 is 38.5 Å². The molecule has 2 rings (SSSR count). The monoisotopic (exact) mass is 442 g/mol. The maximum Gasteiger partial charge on any atom is 0.312 e. The van der Waals surface area contributed by atoms with E-state index in [1.807, 2.05) is 34.6 Å². The Hall–Kier alpha value is -2.12. The van der Waals surface area contributed by atoms with Crippen LogP contribution in [0.15, 0.2) is 0 Å². The van der Waals surface area contributed by atoms with Gasteiger partial charge in [-0.15, -0.1) is 0 Å². The highest BCUT2D eigenvalue weighted by atomic mass is 16.5. The summed E-state index contributed by atoms with van der Waals surface area (Å²) in [5.41, 5.74) is -2.30. The van der Waals surface area contributed by atoms with Crippen molar-refractivity contribution in [3.63, 3.8) is 0 Å². The maximum atomic E-state index is 11.8. The van der Waals surface area contributed by atoms with Crippen LogP contribution in [-0.2, 0) is 33.4 Å². The normalized spacial score (nSPS) is 32.9. The van der Waals surface area contributed by atoms with Crippen LogP contribution in [0.2, 0.25) is 0 Å². The van der Waals surface area contributed by atoms with Gasteiger partial charge in [0.1, 0.15) is 0 Å². The quantitative estimate of drug-likeness (QED) is 0.520. The third kappa shape index (κ3) is 4.30. The lowest BCUT2D eigenvalue weighted by molar-refractivity contribution is -0.163. The van der Waals surface area contributed by atoms with Crippen molar-refractivity contribution in [1.29, 1.82) is 0 Å². The lowest BCUT2D eigenvalue weighted by Crippen LogP contribution is -2.43. The minimum absolute atomic E-state index is 0.235. The molecular formula is C23H38O8. The second-order valence-corrected chi connectivity index (χ2v) is 10.1. The number of ether oxygens (including phenoxy) is 3. The van der Waals surface area contributed by atoms with Gasteiger partial charge in [-0.3, -0.25) is 19.2 Å². The van der Waals surface area contributed by atoms with E-state index in [1.54, 1.807) is 6.92 Å². The minimum Gasteiger partial charge on any atom is -0.481 e. The first kappa shape index (κ1) is 26.9. The standard InChI is InChI=1S/C12H20O4.C11H18O4/c1-11(2)8(9(13)15-4)6-7-12(11,3)10(14)16-5;1-10(2)7(8(12)13)5-6-11(10,3)9(14)15-4/h8H,6-7H2,1-5H3;7H,5-6H2,1-4H3,(H,12,13)/t8-,12+;7-,11+/m00/s1. The average Bonchev–Trinajstić information content (AvgIpc) is 3.10. The molecule has 2 aliphatic rings. The molecule has 178 valence electrons. The largest absolute Gasteiger partial charge is 0.481 e. The Labute approximate surface area is 185 Å². The number of hydrogen-bond acceptors (Lipinski definition) is 7. The lowest BCUT2D eigenvalue weighted by Gasteiger charge is -2.38. The van der Waals surface area contributed by atoms with Crippen LogP contribution in [0, 0.1) is 33.5 Å². The van der Waals surface area contributed by atoms with E-state index in [2.05, 4.69) is 0 Å². The van der Waals surface area contributed by atoms with Gasteiger partial charge in [0.2, 0.25) is 0 Å². The molecule has 0 heterocycles. The molecule has 2 saturated carbocycles. The topological polar surface area (TPSA) is 116 Å². The summed E-state index contributed by atoms with van der Waals surface area (Å²) in [5, 5.41) is 9.08. The van der Waals surface area contributed by atoms with E-state index in [0.717, 1.165) is 0 Å². The summed E-state index contributed by atoms with van der Waals surface area (Å²) in [6.07, 6.45) is 2.44. The van der Waals surface area contributed by atoms with Crippen molar-refractivity contribution in [3.05, 3.63) is 0 Å². The van der Waals surface area contributed by atoms with E-state index in [4.69, 9.17) is 19.3 Å². The minimum atomic E-state index is -0.826. The summed E-state index contributed by atoms with van der Waals surface area (Å²) in [4.78, 5) is 46.3. The third-order valence-corrected chi connectivity index (χ3v) is 8.51. The van der Waals surface area contributed by atoms with Gasteiger partial charge < -0.3 is 19.3 Å². The molecule has 0 radical (unpaired) electrons. The molecule has 31 heavy (non-hydrogen) atoms. The lowest BCUT2D eigenvalue weighted by atomic mass is 9.65. The number of aliphatic carboxylic acids is 1. The number of rotatable bonds is 4. The highest BCUT2D eigenvalue weighted by molar-refractivity contribution is 5.82. The van der Waals surface area contributed by atoms with Crippen molar-refractivity contribution >= 4 is 23.9 Å². The molecule has 0 unspecified atom stereocenters. The Balaban J connectivity index is 0.000000311. The first-order valence-corrected chi connectivity index (χ1v) is 10.6. The summed E-state index contributed by atoms with van der Waals surface area (Å²) in [6.45, 7) is 11.2. The molecule has 0 aromatic rings. The Morgan fingerprint density at radius 3 is 1.32 bits per heavy atom. The van der Waals surface area contributed by atoms with Crippen molar-refractivity contribution in [2.75, 3.05) is 21.3 Å². The number of carbonyl (C=O) groups excluding carboxylic acids is 3. The maximum absolute atomic E-state index is 11.8. The Morgan fingerprint density at radius 2 is 1.03 bits per heavy atom. The zero-order valence-electron chi connectivity index (χ0n) is 20.3. The van der Waals surface area contributed by atoms with Gasteiger partial charge in [0.25, 0.3) is 0 Å². The van der Waals surface area contributed by atoms with Crippen LogP contribution in [0.4, 0.5) is 0 Å². The van der Waals surface area contributed by atoms with Gasteiger partial charge in [0.15, 0.2) is 0 Å². The van der Waals surface area contributed by atoms with E-state index < -0.39 is 33.5 Å². The summed E-state index contributed by atoms with van der Waals surface area (Å²) in [5.74, 6) is -2.33. The Kier molecular flexibility index (Phi) is 7.96. The summed E-state index contributed by atoms with van der Waals surface area (Å²) < 4.78 is 14.4. The number of carbonyl (C=O) groups is 4. The highest BCUT2D eigenvalue weighted by Crippen LogP contribution is 2.57. The predicted octanol–water partition coefficient (Wildman–Crippen LogP) is 3.46. The molecule has 0 aliphatic heterocycles. The van der Waals surface area contributed by atoms with Crippen LogP contribution in [-0.4, -0.2) is 50.3 Å². The molecule has 2 fully saturated rings. The molecule has 0 spiro atoms. The van der Waals surface area contributed by atoms with Gasteiger partial charge in [-0.25, -0.2) is 0 Å². The predicted molar refractivity (Wildman–Crippen MR) is 113 cm³/mol. The number of hydrogen-bond donors (Lipinski definition) is 1. The molecule has 1 N–H and O–H groups in total. The fraction of sp³-hybridized carbons (Fsp3) is 0.826. The van der Waals surface area contributed by atoms with Crippen LogP contribution in [0.5, 0.6) is 0 Å². The second kappa shape index (κ2) is 9.17. The Bertz CT molecular complexity index is 725. The van der Waals surface area contributed by atoms with Gasteiger partial charge in [-0.1, -0.05) is 27.7 Å². The molecule has 0 bridgehead atoms. The summed E-state index contributed by atoms with van der Waals surface area (Å²) in [6, 6.07) is 0. The first-order valence-electron chi connectivity index (χ1n) is 10.6.